The minimum atomic E-state index is -5.09. The number of rotatable bonds is 3. The Balaban J connectivity index is 3.35. The van der Waals surface area contributed by atoms with Gasteiger partial charge in [-0.15, -0.1) is 13.2 Å². The van der Waals surface area contributed by atoms with Crippen molar-refractivity contribution in [2.45, 2.75) is 18.1 Å². The van der Waals surface area contributed by atoms with Crippen LogP contribution in [0.25, 0.3) is 0 Å². The van der Waals surface area contributed by atoms with Gasteiger partial charge < -0.3 is 4.74 Å². The van der Waals surface area contributed by atoms with Gasteiger partial charge in [0, 0.05) is 11.5 Å². The van der Waals surface area contributed by atoms with Gasteiger partial charge in [0.2, 0.25) is 0 Å². The van der Waals surface area contributed by atoms with Crippen molar-refractivity contribution in [3.63, 3.8) is 0 Å². The first-order valence-electron chi connectivity index (χ1n) is 4.03. The van der Waals surface area contributed by atoms with E-state index in [9.17, 15) is 22.0 Å². The third-order valence-electron chi connectivity index (χ3n) is 1.66. The van der Waals surface area contributed by atoms with Crippen LogP contribution in [0.15, 0.2) is 6.20 Å². The number of pyridine rings is 1. The van der Waals surface area contributed by atoms with Crippen LogP contribution in [0.4, 0.5) is 22.0 Å². The molecule has 0 spiro atoms. The molecule has 0 radical (unpaired) electrons. The van der Waals surface area contributed by atoms with E-state index in [0.29, 0.717) is 0 Å². The molecule has 0 atom stereocenters. The molecule has 1 aromatic rings. The number of ether oxygens (including phenoxy) is 1. The molecule has 96 valence electrons. The maximum atomic E-state index is 12.6. The molecule has 0 unspecified atom stereocenters. The highest BCUT2D eigenvalue weighted by Gasteiger charge is 2.35. The van der Waals surface area contributed by atoms with E-state index in [1.165, 1.54) is 0 Å². The Kier molecular flexibility index (Phi) is 4.54. The highest BCUT2D eigenvalue weighted by molar-refractivity contribution is 9.08. The van der Waals surface area contributed by atoms with Crippen LogP contribution in [-0.4, -0.2) is 11.3 Å². The van der Waals surface area contributed by atoms with Crippen molar-refractivity contribution in [2.24, 2.45) is 0 Å². The third-order valence-corrected chi connectivity index (χ3v) is 2.49. The Morgan fingerprint density at radius 3 is 2.41 bits per heavy atom. The monoisotopic (exact) mass is 339 g/mol. The number of hydrogen-bond donors (Lipinski definition) is 0. The summed E-state index contributed by atoms with van der Waals surface area (Å²) in [5.74, 6) is -1.06. The third kappa shape index (κ3) is 3.67. The first-order valence-corrected chi connectivity index (χ1v) is 5.53. The zero-order chi connectivity index (χ0) is 13.2. The van der Waals surface area contributed by atoms with Crippen LogP contribution in [0.3, 0.4) is 0 Å². The van der Waals surface area contributed by atoms with Crippen molar-refractivity contribution in [1.29, 1.82) is 0 Å². The largest absolute Gasteiger partial charge is 0.573 e. The summed E-state index contributed by atoms with van der Waals surface area (Å²) in [5, 5.41) is -0.751. The molecule has 0 aromatic carbocycles. The lowest BCUT2D eigenvalue weighted by atomic mass is 10.2. The van der Waals surface area contributed by atoms with E-state index in [1.54, 1.807) is 0 Å². The quantitative estimate of drug-likeness (QED) is 0.598. The predicted octanol–water partition coefficient (Wildman–Crippen LogP) is 4.47. The standard InChI is InChI=1S/C8H4BrClF5NO/c9-1-4-6(17-8(13,14)15)5(7(11)12)3(10)2-16-4/h2,7H,1H2. The Morgan fingerprint density at radius 1 is 1.41 bits per heavy atom. The molecule has 1 rings (SSSR count). The topological polar surface area (TPSA) is 22.1 Å². The molecule has 0 N–H and O–H groups in total. The van der Waals surface area contributed by atoms with Gasteiger partial charge in [-0.25, -0.2) is 8.78 Å². The minimum absolute atomic E-state index is 0.171. The zero-order valence-electron chi connectivity index (χ0n) is 7.86. The van der Waals surface area contributed by atoms with E-state index in [-0.39, 0.29) is 11.0 Å². The summed E-state index contributed by atoms with van der Waals surface area (Å²) >= 11 is 8.20. The summed E-state index contributed by atoms with van der Waals surface area (Å²) in [7, 11) is 0. The van der Waals surface area contributed by atoms with Crippen LogP contribution in [0.1, 0.15) is 17.7 Å². The summed E-state index contributed by atoms with van der Waals surface area (Å²) in [6.07, 6.45) is -7.43. The van der Waals surface area contributed by atoms with Gasteiger partial charge >= 0.3 is 6.36 Å². The van der Waals surface area contributed by atoms with Crippen LogP contribution in [0, 0.1) is 0 Å². The van der Waals surface area contributed by atoms with Crippen LogP contribution < -0.4 is 4.74 Å². The van der Waals surface area contributed by atoms with Gasteiger partial charge in [-0.1, -0.05) is 27.5 Å². The number of alkyl halides is 6. The highest BCUT2D eigenvalue weighted by atomic mass is 79.9. The molecule has 1 heterocycles. The van der Waals surface area contributed by atoms with E-state index in [4.69, 9.17) is 11.6 Å². The molecule has 0 amide bonds. The molecule has 0 aliphatic heterocycles. The van der Waals surface area contributed by atoms with E-state index in [1.807, 2.05) is 0 Å². The molecular formula is C8H4BrClF5NO. The lowest BCUT2D eigenvalue weighted by Gasteiger charge is -2.16. The fourth-order valence-electron chi connectivity index (χ4n) is 1.05. The second-order valence-corrected chi connectivity index (χ2v) is 3.75. The molecule has 1 aromatic heterocycles. The van der Waals surface area contributed by atoms with Gasteiger partial charge in [-0.05, 0) is 0 Å². The molecule has 17 heavy (non-hydrogen) atoms. The van der Waals surface area contributed by atoms with Gasteiger partial charge in [-0.2, -0.15) is 0 Å². The normalized spacial score (nSPS) is 12.0. The highest BCUT2D eigenvalue weighted by Crippen LogP contribution is 2.39. The summed E-state index contributed by atoms with van der Waals surface area (Å²) in [5.41, 5.74) is -1.32. The van der Waals surface area contributed by atoms with Gasteiger partial charge in [-0.3, -0.25) is 4.98 Å². The fourth-order valence-corrected chi connectivity index (χ4v) is 1.67. The first kappa shape index (κ1) is 14.4. The Morgan fingerprint density at radius 2 is 2.00 bits per heavy atom. The van der Waals surface area contributed by atoms with Crippen molar-refractivity contribution in [3.8, 4) is 5.75 Å². The molecule has 0 aliphatic carbocycles. The van der Waals surface area contributed by atoms with Crippen LogP contribution in [0.2, 0.25) is 5.02 Å². The van der Waals surface area contributed by atoms with E-state index >= 15 is 0 Å². The predicted molar refractivity (Wildman–Crippen MR) is 53.5 cm³/mol. The number of aromatic nitrogens is 1. The molecule has 2 nitrogen and oxygen atoms in total. The van der Waals surface area contributed by atoms with Gasteiger partial charge in [0.15, 0.2) is 5.75 Å². The Hall–Kier alpha value is -0.630. The molecule has 0 saturated carbocycles. The minimum Gasteiger partial charge on any atom is -0.403 e. The van der Waals surface area contributed by atoms with Crippen LogP contribution in [-0.2, 0) is 5.33 Å². The maximum Gasteiger partial charge on any atom is 0.573 e. The Bertz CT molecular complexity index is 412. The average Bonchev–Trinajstić information content (AvgIpc) is 2.15. The SMILES string of the molecule is FC(F)c1c(Cl)cnc(CBr)c1OC(F)(F)F. The molecule has 0 saturated heterocycles. The van der Waals surface area contributed by atoms with Crippen molar-refractivity contribution >= 4 is 27.5 Å². The molecule has 0 fully saturated rings. The van der Waals surface area contributed by atoms with Crippen LogP contribution >= 0.6 is 27.5 Å². The molecule has 0 aliphatic rings. The summed E-state index contributed by atoms with van der Waals surface area (Å²) in [6.45, 7) is 0. The van der Waals surface area contributed by atoms with Gasteiger partial charge in [0.25, 0.3) is 6.43 Å². The smallest absolute Gasteiger partial charge is 0.403 e. The first-order chi connectivity index (χ1) is 7.76. The van der Waals surface area contributed by atoms with Gasteiger partial charge in [0.1, 0.15) is 0 Å². The lowest BCUT2D eigenvalue weighted by Crippen LogP contribution is -2.20. The molecule has 9 heteroatoms. The summed E-state index contributed by atoms with van der Waals surface area (Å²) in [6, 6.07) is 0. The summed E-state index contributed by atoms with van der Waals surface area (Å²) in [4.78, 5) is 3.49. The zero-order valence-corrected chi connectivity index (χ0v) is 10.2. The molecular weight excluding hydrogens is 336 g/mol. The number of halogens is 7. The second kappa shape index (κ2) is 5.34. The average molecular weight is 340 g/mol. The second-order valence-electron chi connectivity index (χ2n) is 2.78. The maximum absolute atomic E-state index is 12.6. The van der Waals surface area contributed by atoms with Crippen molar-refractivity contribution < 1.29 is 26.7 Å². The van der Waals surface area contributed by atoms with E-state index in [2.05, 4.69) is 25.7 Å². The van der Waals surface area contributed by atoms with Crippen molar-refractivity contribution in [2.75, 3.05) is 0 Å². The van der Waals surface area contributed by atoms with E-state index < -0.39 is 29.1 Å². The van der Waals surface area contributed by atoms with Gasteiger partial charge in [0.05, 0.1) is 16.3 Å². The fraction of sp³-hybridized carbons (Fsp3) is 0.375. The van der Waals surface area contributed by atoms with Crippen LogP contribution in [0.5, 0.6) is 5.75 Å². The van der Waals surface area contributed by atoms with Crippen molar-refractivity contribution in [1.82, 2.24) is 4.98 Å². The number of hydrogen-bond acceptors (Lipinski definition) is 2. The molecule has 0 bridgehead atoms. The Labute approximate surface area is 106 Å². The van der Waals surface area contributed by atoms with Crippen molar-refractivity contribution in [3.05, 3.63) is 22.5 Å². The lowest BCUT2D eigenvalue weighted by molar-refractivity contribution is -0.275. The summed E-state index contributed by atoms with van der Waals surface area (Å²) < 4.78 is 65.0. The number of nitrogens with zero attached hydrogens (tertiary/aromatic N) is 1. The van der Waals surface area contributed by atoms with E-state index in [0.717, 1.165) is 6.20 Å².